The van der Waals surface area contributed by atoms with Gasteiger partial charge in [-0.15, -0.1) is 0 Å². The number of carboxylic acid groups (broad SMARTS) is 1. The van der Waals surface area contributed by atoms with Gasteiger partial charge in [-0.3, -0.25) is 0 Å². The van der Waals surface area contributed by atoms with Crippen LogP contribution in [0.5, 0.6) is 5.75 Å². The van der Waals surface area contributed by atoms with Crippen LogP contribution in [0.4, 0.5) is 0 Å². The number of carbonyl (C=O) groups is 1. The van der Waals surface area contributed by atoms with E-state index in [0.29, 0.717) is 5.39 Å². The molecule has 0 atom stereocenters. The van der Waals surface area contributed by atoms with Crippen molar-refractivity contribution in [1.82, 2.24) is 0 Å². The van der Waals surface area contributed by atoms with Crippen molar-refractivity contribution in [3.63, 3.8) is 0 Å². The maximum Gasteiger partial charge on any atom is 2.00 e. The zero-order valence-electron chi connectivity index (χ0n) is 9.97. The van der Waals surface area contributed by atoms with Gasteiger partial charge in [-0.25, -0.2) is 4.79 Å². The number of aromatic carboxylic acids is 1. The van der Waals surface area contributed by atoms with Gasteiger partial charge in [0.1, 0.15) is 5.75 Å². The molecule has 0 fully saturated rings. The number of phenolic OH excluding ortho intramolecular Hbond substituents is 1. The van der Waals surface area contributed by atoms with Crippen molar-refractivity contribution in [3.05, 3.63) is 42.0 Å². The predicted octanol–water partition coefficient (Wildman–Crippen LogP) is 2.09. The number of rotatable bonds is 1. The number of phenols is 1. The van der Waals surface area contributed by atoms with Crippen LogP contribution in [0, 0.1) is 0 Å². The first-order valence-electron chi connectivity index (χ1n) is 4.14. The van der Waals surface area contributed by atoms with E-state index in [1.165, 1.54) is 12.1 Å². The molecular formula is C11H10MgO3. The summed E-state index contributed by atoms with van der Waals surface area (Å²) in [5.41, 5.74) is 0.126. The average molecular weight is 215 g/mol. The molecule has 2 aromatic rings. The fraction of sp³-hybridized carbons (Fsp3) is 0. The van der Waals surface area contributed by atoms with Crippen molar-refractivity contribution in [2.24, 2.45) is 0 Å². The summed E-state index contributed by atoms with van der Waals surface area (Å²) in [5.74, 6) is -1.03. The van der Waals surface area contributed by atoms with E-state index in [1.54, 1.807) is 24.3 Å². The molecule has 2 aromatic carbocycles. The van der Waals surface area contributed by atoms with Crippen molar-refractivity contribution in [2.75, 3.05) is 0 Å². The topological polar surface area (TPSA) is 57.5 Å². The minimum absolute atomic E-state index is 0. The van der Waals surface area contributed by atoms with Crippen LogP contribution in [0.3, 0.4) is 0 Å². The molecule has 0 unspecified atom stereocenters. The zero-order chi connectivity index (χ0) is 10.1. The van der Waals surface area contributed by atoms with Crippen molar-refractivity contribution >= 4 is 39.8 Å². The van der Waals surface area contributed by atoms with Gasteiger partial charge in [0.25, 0.3) is 0 Å². The first-order valence-corrected chi connectivity index (χ1v) is 4.14. The Balaban J connectivity index is 0. The molecule has 0 radical (unpaired) electrons. The predicted molar refractivity (Wildman–Crippen MR) is 60.6 cm³/mol. The molecule has 3 nitrogen and oxygen atoms in total. The maximum absolute atomic E-state index is 10.9. The Morgan fingerprint density at radius 1 is 1.13 bits per heavy atom. The van der Waals surface area contributed by atoms with Crippen LogP contribution in [-0.2, 0) is 0 Å². The Labute approximate surface area is 105 Å². The first kappa shape index (κ1) is 11.8. The standard InChI is InChI=1S/C11H8O3.Mg.2H/c12-9-6-2-4-7-3-1-5-8(10(7)9)11(13)14;;;/h1-6,12H,(H,13,14);;;/q;+2;2*-1. The molecule has 0 aliphatic carbocycles. The van der Waals surface area contributed by atoms with Gasteiger partial charge in [-0.2, -0.15) is 0 Å². The van der Waals surface area contributed by atoms with Gasteiger partial charge < -0.3 is 13.1 Å². The molecule has 0 amide bonds. The third kappa shape index (κ3) is 2.05. The van der Waals surface area contributed by atoms with Crippen LogP contribution in [0.15, 0.2) is 36.4 Å². The van der Waals surface area contributed by atoms with E-state index in [9.17, 15) is 9.90 Å². The Morgan fingerprint density at radius 3 is 2.33 bits per heavy atom. The first-order chi connectivity index (χ1) is 6.70. The van der Waals surface area contributed by atoms with Crippen LogP contribution >= 0.6 is 0 Å². The molecule has 74 valence electrons. The molecule has 0 bridgehead atoms. The summed E-state index contributed by atoms with van der Waals surface area (Å²) in [6.45, 7) is 0. The van der Waals surface area contributed by atoms with Gasteiger partial charge in [0.2, 0.25) is 0 Å². The number of carboxylic acids is 1. The van der Waals surface area contributed by atoms with Crippen LogP contribution in [0.2, 0.25) is 0 Å². The number of aromatic hydroxyl groups is 1. The van der Waals surface area contributed by atoms with E-state index < -0.39 is 5.97 Å². The number of hydrogen-bond donors (Lipinski definition) is 2. The van der Waals surface area contributed by atoms with Crippen molar-refractivity contribution in [2.45, 2.75) is 0 Å². The summed E-state index contributed by atoms with van der Waals surface area (Å²) < 4.78 is 0. The second-order valence-corrected chi connectivity index (χ2v) is 2.99. The second-order valence-electron chi connectivity index (χ2n) is 2.99. The SMILES string of the molecule is O=C(O)c1cccc2cccc(O)c12.[H-].[H-].[Mg+2]. The monoisotopic (exact) mass is 214 g/mol. The maximum atomic E-state index is 10.9. The summed E-state index contributed by atoms with van der Waals surface area (Å²) in [7, 11) is 0. The molecule has 0 aliphatic rings. The third-order valence-corrected chi connectivity index (χ3v) is 2.11. The fourth-order valence-electron chi connectivity index (χ4n) is 1.50. The minimum atomic E-state index is -1.03. The van der Waals surface area contributed by atoms with Gasteiger partial charge in [0.05, 0.1) is 5.56 Å². The minimum Gasteiger partial charge on any atom is -1.00 e. The molecular weight excluding hydrogens is 204 g/mol. The van der Waals surface area contributed by atoms with E-state index >= 15 is 0 Å². The van der Waals surface area contributed by atoms with Gasteiger partial charge in [0.15, 0.2) is 0 Å². The Hall–Kier alpha value is -1.26. The molecule has 15 heavy (non-hydrogen) atoms. The average Bonchev–Trinajstić information content (AvgIpc) is 2.17. The Morgan fingerprint density at radius 2 is 1.73 bits per heavy atom. The smallest absolute Gasteiger partial charge is 1.00 e. The summed E-state index contributed by atoms with van der Waals surface area (Å²) in [6.07, 6.45) is 0. The Kier molecular flexibility index (Phi) is 3.55. The molecule has 2 rings (SSSR count). The van der Waals surface area contributed by atoms with Gasteiger partial charge in [0, 0.05) is 5.39 Å². The molecule has 2 N–H and O–H groups in total. The van der Waals surface area contributed by atoms with E-state index in [4.69, 9.17) is 5.11 Å². The molecule has 0 aromatic heterocycles. The number of hydrogen-bond acceptors (Lipinski definition) is 2. The molecule has 0 spiro atoms. The molecule has 0 saturated heterocycles. The molecule has 0 heterocycles. The summed E-state index contributed by atoms with van der Waals surface area (Å²) in [4.78, 5) is 10.9. The van der Waals surface area contributed by atoms with Crippen molar-refractivity contribution < 1.29 is 17.9 Å². The quantitative estimate of drug-likeness (QED) is 0.715. The van der Waals surface area contributed by atoms with Gasteiger partial charge >= 0.3 is 29.0 Å². The summed E-state index contributed by atoms with van der Waals surface area (Å²) in [6, 6.07) is 9.83. The van der Waals surface area contributed by atoms with Crippen molar-refractivity contribution in [1.29, 1.82) is 0 Å². The normalized spacial score (nSPS) is 9.60. The van der Waals surface area contributed by atoms with E-state index in [-0.39, 0.29) is 37.2 Å². The van der Waals surface area contributed by atoms with E-state index in [1.807, 2.05) is 0 Å². The van der Waals surface area contributed by atoms with Crippen LogP contribution in [-0.4, -0.2) is 39.2 Å². The summed E-state index contributed by atoms with van der Waals surface area (Å²) in [5, 5.41) is 19.6. The fourth-order valence-corrected chi connectivity index (χ4v) is 1.50. The van der Waals surface area contributed by atoms with Gasteiger partial charge in [-0.1, -0.05) is 24.3 Å². The number of benzene rings is 2. The van der Waals surface area contributed by atoms with Gasteiger partial charge in [-0.05, 0) is 17.5 Å². The van der Waals surface area contributed by atoms with Crippen LogP contribution < -0.4 is 0 Å². The largest absolute Gasteiger partial charge is 2.00 e. The zero-order valence-corrected chi connectivity index (χ0v) is 9.39. The summed E-state index contributed by atoms with van der Waals surface area (Å²) >= 11 is 0. The Bertz CT molecular complexity index is 512. The van der Waals surface area contributed by atoms with E-state index in [2.05, 4.69) is 0 Å². The third-order valence-electron chi connectivity index (χ3n) is 2.11. The second kappa shape index (κ2) is 4.50. The molecule has 0 aliphatic heterocycles. The van der Waals surface area contributed by atoms with Crippen LogP contribution in [0.1, 0.15) is 13.2 Å². The van der Waals surface area contributed by atoms with Crippen molar-refractivity contribution in [3.8, 4) is 5.75 Å². The van der Waals surface area contributed by atoms with E-state index in [0.717, 1.165) is 5.39 Å². The van der Waals surface area contributed by atoms with Crippen LogP contribution in [0.25, 0.3) is 10.8 Å². The molecule has 4 heteroatoms. The molecule has 0 saturated carbocycles. The number of fused-ring (bicyclic) bond motifs is 1.